The third-order valence-corrected chi connectivity index (χ3v) is 2.73. The summed E-state index contributed by atoms with van der Waals surface area (Å²) >= 11 is 0. The smallest absolute Gasteiger partial charge is 0.323 e. The van der Waals surface area contributed by atoms with E-state index in [1.807, 2.05) is 42.2 Å². The minimum Gasteiger partial charge on any atom is -0.464 e. The lowest BCUT2D eigenvalue weighted by molar-refractivity contribution is 0.312. The maximum absolute atomic E-state index is 5.39. The quantitative estimate of drug-likeness (QED) is 0.872. The van der Waals surface area contributed by atoms with Crippen molar-refractivity contribution >= 4 is 17.6 Å². The highest BCUT2D eigenvalue weighted by Gasteiger charge is 2.14. The maximum atomic E-state index is 5.39. The van der Waals surface area contributed by atoms with Gasteiger partial charge in [-0.05, 0) is 26.0 Å². The van der Waals surface area contributed by atoms with Crippen molar-refractivity contribution in [3.05, 3.63) is 30.3 Å². The van der Waals surface area contributed by atoms with E-state index in [4.69, 9.17) is 4.74 Å². The van der Waals surface area contributed by atoms with E-state index >= 15 is 0 Å². The van der Waals surface area contributed by atoms with Crippen LogP contribution >= 0.6 is 0 Å². The molecule has 0 fully saturated rings. The van der Waals surface area contributed by atoms with Gasteiger partial charge in [-0.15, -0.1) is 0 Å². The van der Waals surface area contributed by atoms with Crippen LogP contribution in [0, 0.1) is 0 Å². The first-order valence-electron chi connectivity index (χ1n) is 6.67. The van der Waals surface area contributed by atoms with Crippen molar-refractivity contribution in [1.29, 1.82) is 0 Å². The predicted octanol–water partition coefficient (Wildman–Crippen LogP) is 2.47. The second-order valence-electron chi connectivity index (χ2n) is 4.00. The van der Waals surface area contributed by atoms with E-state index in [0.717, 1.165) is 12.2 Å². The number of nitrogens with zero attached hydrogens (tertiary/aromatic N) is 4. The molecule has 0 saturated carbocycles. The van der Waals surface area contributed by atoms with E-state index in [9.17, 15) is 0 Å². The third-order valence-electron chi connectivity index (χ3n) is 2.73. The summed E-state index contributed by atoms with van der Waals surface area (Å²) < 4.78 is 5.39. The highest BCUT2D eigenvalue weighted by Crippen LogP contribution is 2.23. The van der Waals surface area contributed by atoms with Crippen LogP contribution in [0.3, 0.4) is 0 Å². The number of nitrogens with one attached hydrogen (secondary N) is 1. The molecule has 2 rings (SSSR count). The fourth-order valence-corrected chi connectivity index (χ4v) is 1.82. The van der Waals surface area contributed by atoms with Gasteiger partial charge in [0.05, 0.1) is 6.61 Å². The monoisotopic (exact) mass is 273 g/mol. The maximum Gasteiger partial charge on any atom is 0.323 e. The van der Waals surface area contributed by atoms with Crippen LogP contribution in [-0.4, -0.2) is 35.2 Å². The number of para-hydroxylation sites is 1. The highest BCUT2D eigenvalue weighted by atomic mass is 16.5. The molecule has 0 aliphatic rings. The largest absolute Gasteiger partial charge is 0.464 e. The molecule has 0 spiro atoms. The summed E-state index contributed by atoms with van der Waals surface area (Å²) in [6.07, 6.45) is 0. The molecule has 2 aromatic rings. The zero-order valence-electron chi connectivity index (χ0n) is 12.0. The van der Waals surface area contributed by atoms with Crippen LogP contribution in [0.2, 0.25) is 0 Å². The molecular formula is C14H19N5O. The summed E-state index contributed by atoms with van der Waals surface area (Å²) in [6.45, 7) is 5.22. The van der Waals surface area contributed by atoms with E-state index in [1.54, 1.807) is 7.05 Å². The molecule has 6 heteroatoms. The molecule has 0 atom stereocenters. The topological polar surface area (TPSA) is 63.2 Å². The van der Waals surface area contributed by atoms with Gasteiger partial charge in [0.15, 0.2) is 0 Å². The van der Waals surface area contributed by atoms with E-state index in [1.165, 1.54) is 0 Å². The standard InChI is InChI=1S/C14H19N5O/c1-4-19(11-9-7-6-8-10-11)13-16-12(15-3)17-14(18-13)20-5-2/h6-10H,4-5H2,1-3H3,(H,15,16,17,18). The molecule has 6 nitrogen and oxygen atoms in total. The van der Waals surface area contributed by atoms with Crippen LogP contribution in [0.1, 0.15) is 13.8 Å². The SMILES string of the molecule is CCOc1nc(NC)nc(N(CC)c2ccccc2)n1. The zero-order valence-corrected chi connectivity index (χ0v) is 12.0. The number of benzene rings is 1. The summed E-state index contributed by atoms with van der Waals surface area (Å²) in [5, 5.41) is 2.93. The molecule has 1 heterocycles. The number of anilines is 3. The van der Waals surface area contributed by atoms with Crippen molar-refractivity contribution in [3.8, 4) is 6.01 Å². The summed E-state index contributed by atoms with van der Waals surface area (Å²) in [5.74, 6) is 1.06. The Hall–Kier alpha value is -2.37. The molecule has 1 aromatic heterocycles. The lowest BCUT2D eigenvalue weighted by Gasteiger charge is -2.21. The third kappa shape index (κ3) is 3.14. The summed E-state index contributed by atoms with van der Waals surface area (Å²) in [6, 6.07) is 10.3. The molecule has 0 saturated heterocycles. The molecule has 20 heavy (non-hydrogen) atoms. The molecule has 0 radical (unpaired) electrons. The van der Waals surface area contributed by atoms with E-state index in [-0.39, 0.29) is 0 Å². The number of hydrogen-bond acceptors (Lipinski definition) is 6. The lowest BCUT2D eigenvalue weighted by atomic mass is 10.3. The van der Waals surface area contributed by atoms with Crippen molar-refractivity contribution < 1.29 is 4.74 Å². The lowest BCUT2D eigenvalue weighted by Crippen LogP contribution is -2.20. The molecule has 0 amide bonds. The van der Waals surface area contributed by atoms with Crippen LogP contribution in [-0.2, 0) is 0 Å². The Bertz CT molecular complexity index is 547. The van der Waals surface area contributed by atoms with Crippen molar-refractivity contribution in [3.63, 3.8) is 0 Å². The number of ether oxygens (including phenoxy) is 1. The van der Waals surface area contributed by atoms with Gasteiger partial charge in [0.1, 0.15) is 0 Å². The zero-order chi connectivity index (χ0) is 14.4. The van der Waals surface area contributed by atoms with Gasteiger partial charge in [0.2, 0.25) is 11.9 Å². The molecule has 106 valence electrons. The molecule has 0 bridgehead atoms. The molecule has 0 aliphatic carbocycles. The molecule has 0 aliphatic heterocycles. The first-order chi connectivity index (χ1) is 9.78. The summed E-state index contributed by atoms with van der Waals surface area (Å²) in [7, 11) is 1.77. The van der Waals surface area contributed by atoms with E-state index < -0.39 is 0 Å². The second kappa shape index (κ2) is 6.70. The van der Waals surface area contributed by atoms with Crippen molar-refractivity contribution in [2.45, 2.75) is 13.8 Å². The van der Waals surface area contributed by atoms with Crippen molar-refractivity contribution in [2.24, 2.45) is 0 Å². The van der Waals surface area contributed by atoms with Crippen LogP contribution in [0.5, 0.6) is 6.01 Å². The Morgan fingerprint density at radius 3 is 2.45 bits per heavy atom. The fourth-order valence-electron chi connectivity index (χ4n) is 1.82. The molecule has 0 unspecified atom stereocenters. The average molecular weight is 273 g/mol. The first-order valence-corrected chi connectivity index (χ1v) is 6.67. The molecule has 1 N–H and O–H groups in total. The van der Waals surface area contributed by atoms with Crippen molar-refractivity contribution in [1.82, 2.24) is 15.0 Å². The van der Waals surface area contributed by atoms with Gasteiger partial charge in [-0.1, -0.05) is 18.2 Å². The Kier molecular flexibility index (Phi) is 4.70. The first kappa shape index (κ1) is 14.0. The van der Waals surface area contributed by atoms with Gasteiger partial charge in [-0.3, -0.25) is 0 Å². The van der Waals surface area contributed by atoms with Gasteiger partial charge in [-0.25, -0.2) is 0 Å². The van der Waals surface area contributed by atoms with Crippen LogP contribution in [0.25, 0.3) is 0 Å². The summed E-state index contributed by atoms with van der Waals surface area (Å²) in [5.41, 5.74) is 1.03. The van der Waals surface area contributed by atoms with Gasteiger partial charge >= 0.3 is 6.01 Å². The highest BCUT2D eigenvalue weighted by molar-refractivity contribution is 5.57. The minimum absolute atomic E-state index is 0.330. The number of hydrogen-bond donors (Lipinski definition) is 1. The van der Waals surface area contributed by atoms with Gasteiger partial charge in [-0.2, -0.15) is 15.0 Å². The van der Waals surface area contributed by atoms with E-state index in [0.29, 0.717) is 24.5 Å². The predicted molar refractivity (Wildman–Crippen MR) is 79.7 cm³/mol. The molecular weight excluding hydrogens is 254 g/mol. The normalized spacial score (nSPS) is 10.2. The minimum atomic E-state index is 0.330. The number of aromatic nitrogens is 3. The Labute approximate surface area is 118 Å². The number of rotatable bonds is 6. The fraction of sp³-hybridized carbons (Fsp3) is 0.357. The Morgan fingerprint density at radius 1 is 1.10 bits per heavy atom. The van der Waals surface area contributed by atoms with Gasteiger partial charge < -0.3 is 15.0 Å². The van der Waals surface area contributed by atoms with E-state index in [2.05, 4.69) is 27.2 Å². The summed E-state index contributed by atoms with van der Waals surface area (Å²) in [4.78, 5) is 14.9. The Balaban J connectivity index is 2.40. The van der Waals surface area contributed by atoms with Crippen LogP contribution in [0.15, 0.2) is 30.3 Å². The van der Waals surface area contributed by atoms with Gasteiger partial charge in [0, 0.05) is 19.3 Å². The van der Waals surface area contributed by atoms with Crippen LogP contribution in [0.4, 0.5) is 17.6 Å². The Morgan fingerprint density at radius 2 is 1.85 bits per heavy atom. The van der Waals surface area contributed by atoms with Crippen molar-refractivity contribution in [2.75, 3.05) is 30.4 Å². The average Bonchev–Trinajstić information content (AvgIpc) is 2.49. The second-order valence-corrected chi connectivity index (χ2v) is 4.00. The van der Waals surface area contributed by atoms with Crippen LogP contribution < -0.4 is 15.0 Å². The molecule has 1 aromatic carbocycles. The van der Waals surface area contributed by atoms with Gasteiger partial charge in [0.25, 0.3) is 0 Å².